The largest absolute Gasteiger partial charge is 0.378 e. The van der Waals surface area contributed by atoms with Crippen molar-refractivity contribution in [3.05, 3.63) is 0 Å². The lowest BCUT2D eigenvalue weighted by atomic mass is 10.2. The minimum atomic E-state index is -3.71. The van der Waals surface area contributed by atoms with E-state index in [0.29, 0.717) is 4.90 Å². The summed E-state index contributed by atoms with van der Waals surface area (Å²) in [6.07, 6.45) is -4.90. The van der Waals surface area contributed by atoms with Crippen LogP contribution in [0.4, 0.5) is 17.6 Å². The second-order valence-corrected chi connectivity index (χ2v) is 4.21. The fourth-order valence-corrected chi connectivity index (χ4v) is 2.08. The molecular weight excluding hydrogens is 218 g/mol. The average Bonchev–Trinajstić information content (AvgIpc) is 2.30. The fourth-order valence-electron chi connectivity index (χ4n) is 2.08. The normalized spacial score (nSPS) is 35.7. The third-order valence-corrected chi connectivity index (χ3v) is 2.65. The van der Waals surface area contributed by atoms with Crippen molar-refractivity contribution in [2.75, 3.05) is 0 Å². The van der Waals surface area contributed by atoms with Crippen molar-refractivity contribution in [2.24, 2.45) is 0 Å². The number of ether oxygens (including phenoxy) is 1. The number of alkyl halides is 4. The summed E-state index contributed by atoms with van der Waals surface area (Å²) in [4.78, 5) is 11.6. The summed E-state index contributed by atoms with van der Waals surface area (Å²) in [6.45, 7) is 2.33. The number of hydrogen-bond donors (Lipinski definition) is 0. The number of carbonyl (C=O) groups excluding carboxylic acids is 1. The maximum atomic E-state index is 13.2. The van der Waals surface area contributed by atoms with Gasteiger partial charge in [-0.25, -0.2) is 0 Å². The highest BCUT2D eigenvalue weighted by Gasteiger charge is 2.71. The Hall–Kier alpha value is -0.850. The van der Waals surface area contributed by atoms with Crippen molar-refractivity contribution in [3.63, 3.8) is 0 Å². The smallest absolute Gasteiger partial charge is 0.297 e. The van der Waals surface area contributed by atoms with Gasteiger partial charge in [0.05, 0.1) is 0 Å². The van der Waals surface area contributed by atoms with Gasteiger partial charge in [0.25, 0.3) is 5.91 Å². The lowest BCUT2D eigenvalue weighted by Crippen LogP contribution is -2.46. The van der Waals surface area contributed by atoms with Gasteiger partial charge in [0.15, 0.2) is 0 Å². The predicted octanol–water partition coefficient (Wildman–Crippen LogP) is 1.58. The molecule has 0 radical (unpaired) electrons. The van der Waals surface area contributed by atoms with Crippen molar-refractivity contribution in [1.29, 1.82) is 0 Å². The zero-order chi connectivity index (χ0) is 11.6. The first kappa shape index (κ1) is 10.7. The van der Waals surface area contributed by atoms with Gasteiger partial charge in [0, 0.05) is 6.42 Å². The Balaban J connectivity index is 2.44. The second-order valence-electron chi connectivity index (χ2n) is 4.21. The maximum absolute atomic E-state index is 13.2. The predicted molar refractivity (Wildman–Crippen MR) is 40.3 cm³/mol. The zero-order valence-electron chi connectivity index (χ0n) is 8.06. The molecule has 0 unspecified atom stereocenters. The first-order valence-corrected chi connectivity index (χ1v) is 4.37. The van der Waals surface area contributed by atoms with Crippen LogP contribution in [0.3, 0.4) is 0 Å². The third-order valence-electron chi connectivity index (χ3n) is 2.65. The van der Waals surface area contributed by atoms with Gasteiger partial charge in [0.1, 0.15) is 11.8 Å². The van der Waals surface area contributed by atoms with E-state index in [-0.39, 0.29) is 0 Å². The van der Waals surface area contributed by atoms with Crippen LogP contribution in [0.1, 0.15) is 20.3 Å². The molecule has 1 amide bonds. The molecule has 2 fully saturated rings. The third kappa shape index (κ3) is 1.25. The van der Waals surface area contributed by atoms with Gasteiger partial charge in [-0.15, -0.1) is 0 Å². The van der Waals surface area contributed by atoms with E-state index in [1.165, 1.54) is 13.8 Å². The molecule has 2 aliphatic rings. The van der Waals surface area contributed by atoms with E-state index < -0.39 is 36.1 Å². The summed E-state index contributed by atoms with van der Waals surface area (Å²) in [5, 5.41) is 0. The highest BCUT2D eigenvalue weighted by molar-refractivity contribution is 5.87. The Kier molecular flexibility index (Phi) is 1.74. The molecule has 2 rings (SSSR count). The average molecular weight is 227 g/mol. The summed E-state index contributed by atoms with van der Waals surface area (Å²) < 4.78 is 56.6. The molecule has 0 aromatic rings. The Morgan fingerprint density at radius 2 is 1.87 bits per heavy atom. The summed E-state index contributed by atoms with van der Waals surface area (Å²) in [5.41, 5.74) is -1.69. The number of rotatable bonds is 0. The first-order chi connectivity index (χ1) is 6.58. The van der Waals surface area contributed by atoms with Crippen LogP contribution in [-0.4, -0.2) is 34.6 Å². The molecule has 7 heteroatoms. The molecule has 1 atom stereocenters. The van der Waals surface area contributed by atoms with Crippen LogP contribution in [0.15, 0.2) is 0 Å². The van der Waals surface area contributed by atoms with E-state index in [4.69, 9.17) is 0 Å². The van der Waals surface area contributed by atoms with Crippen LogP contribution in [0.5, 0.6) is 0 Å². The van der Waals surface area contributed by atoms with E-state index in [1.807, 2.05) is 0 Å². The topological polar surface area (TPSA) is 29.5 Å². The minimum absolute atomic E-state index is 0.438. The monoisotopic (exact) mass is 227 g/mol. The second kappa shape index (κ2) is 2.45. The van der Waals surface area contributed by atoms with E-state index in [2.05, 4.69) is 4.74 Å². The van der Waals surface area contributed by atoms with Gasteiger partial charge in [-0.05, 0) is 13.8 Å². The standard InChI is InChI=1S/C8H9F4NO2/c1-6(2)13-4(8(11,12)15-6)3-7(9,10)5(13)14/h4H,3H2,1-2H3/t4-/m1/s1. The van der Waals surface area contributed by atoms with Gasteiger partial charge < -0.3 is 0 Å². The molecule has 2 heterocycles. The highest BCUT2D eigenvalue weighted by Crippen LogP contribution is 2.50. The molecule has 0 aromatic heterocycles. The Morgan fingerprint density at radius 1 is 1.33 bits per heavy atom. The molecule has 0 saturated carbocycles. The number of nitrogens with zero attached hydrogens (tertiary/aromatic N) is 1. The molecule has 15 heavy (non-hydrogen) atoms. The molecule has 2 saturated heterocycles. The summed E-state index contributed by atoms with van der Waals surface area (Å²) in [6, 6.07) is -1.87. The highest BCUT2D eigenvalue weighted by atomic mass is 19.3. The van der Waals surface area contributed by atoms with Crippen LogP contribution < -0.4 is 0 Å². The molecule has 0 N–H and O–H groups in total. The van der Waals surface area contributed by atoms with Crippen molar-refractivity contribution < 1.29 is 27.1 Å². The van der Waals surface area contributed by atoms with Gasteiger partial charge >= 0.3 is 12.0 Å². The quantitative estimate of drug-likeness (QED) is 0.588. The van der Waals surface area contributed by atoms with E-state index >= 15 is 0 Å². The van der Waals surface area contributed by atoms with Crippen LogP contribution in [0.2, 0.25) is 0 Å². The number of amides is 1. The van der Waals surface area contributed by atoms with Crippen molar-refractivity contribution in [1.82, 2.24) is 4.90 Å². The molecule has 0 aliphatic carbocycles. The number of carbonyl (C=O) groups is 1. The lowest BCUT2D eigenvalue weighted by molar-refractivity contribution is -0.259. The number of hydrogen-bond acceptors (Lipinski definition) is 2. The van der Waals surface area contributed by atoms with E-state index in [9.17, 15) is 22.4 Å². The Morgan fingerprint density at radius 3 is 2.33 bits per heavy atom. The zero-order valence-corrected chi connectivity index (χ0v) is 8.06. The van der Waals surface area contributed by atoms with Gasteiger partial charge in [-0.2, -0.15) is 17.6 Å². The van der Waals surface area contributed by atoms with Gasteiger partial charge in [-0.1, -0.05) is 0 Å². The molecule has 0 aromatic carbocycles. The van der Waals surface area contributed by atoms with Crippen molar-refractivity contribution >= 4 is 5.91 Å². The molecular formula is C8H9F4NO2. The van der Waals surface area contributed by atoms with Gasteiger partial charge in [0.2, 0.25) is 0 Å². The van der Waals surface area contributed by atoms with Crippen LogP contribution in [-0.2, 0) is 9.53 Å². The number of fused-ring (bicyclic) bond motifs is 1. The maximum Gasteiger partial charge on any atom is 0.378 e. The first-order valence-electron chi connectivity index (χ1n) is 4.37. The van der Waals surface area contributed by atoms with Gasteiger partial charge in [-0.3, -0.25) is 14.4 Å². The Bertz CT molecular complexity index is 329. The summed E-state index contributed by atoms with van der Waals surface area (Å²) in [5.74, 6) is -5.30. The number of halogens is 4. The summed E-state index contributed by atoms with van der Waals surface area (Å²) >= 11 is 0. The molecule has 0 spiro atoms. The lowest BCUT2D eigenvalue weighted by Gasteiger charge is -2.27. The van der Waals surface area contributed by atoms with Crippen molar-refractivity contribution in [2.45, 2.75) is 44.1 Å². The fraction of sp³-hybridized carbons (Fsp3) is 0.875. The molecule has 2 aliphatic heterocycles. The molecule has 86 valence electrons. The Labute approximate surface area is 83.0 Å². The van der Waals surface area contributed by atoms with Crippen molar-refractivity contribution in [3.8, 4) is 0 Å². The van der Waals surface area contributed by atoms with E-state index in [1.54, 1.807) is 0 Å². The van der Waals surface area contributed by atoms with Crippen LogP contribution in [0, 0.1) is 0 Å². The SMILES string of the molecule is CC1(C)OC(F)(F)[C@H]2CC(F)(F)C(=O)N21. The van der Waals surface area contributed by atoms with Crippen LogP contribution >= 0.6 is 0 Å². The molecule has 3 nitrogen and oxygen atoms in total. The minimum Gasteiger partial charge on any atom is -0.297 e. The van der Waals surface area contributed by atoms with E-state index in [0.717, 1.165) is 0 Å². The van der Waals surface area contributed by atoms with Crippen LogP contribution in [0.25, 0.3) is 0 Å². The molecule has 0 bridgehead atoms. The summed E-state index contributed by atoms with van der Waals surface area (Å²) in [7, 11) is 0.